The van der Waals surface area contributed by atoms with Gasteiger partial charge in [0.05, 0.1) is 0 Å². The van der Waals surface area contributed by atoms with Gasteiger partial charge in [-0.25, -0.2) is 0 Å². The van der Waals surface area contributed by atoms with Crippen molar-refractivity contribution in [3.05, 3.63) is 24.0 Å². The van der Waals surface area contributed by atoms with Crippen molar-refractivity contribution in [1.82, 2.24) is 4.98 Å². The molecule has 0 aliphatic rings. The van der Waals surface area contributed by atoms with Gasteiger partial charge < -0.3 is 11.1 Å². The van der Waals surface area contributed by atoms with E-state index in [0.29, 0.717) is 6.54 Å². The Morgan fingerprint density at radius 1 is 1.64 bits per heavy atom. The molecule has 3 N–H and O–H groups in total. The van der Waals surface area contributed by atoms with E-state index in [1.54, 1.807) is 6.20 Å². The third kappa shape index (κ3) is 1.91. The second-order valence-electron chi connectivity index (χ2n) is 2.32. The molecule has 0 atom stereocenters. The zero-order valence-electron chi connectivity index (χ0n) is 6.67. The summed E-state index contributed by atoms with van der Waals surface area (Å²) >= 11 is 0. The van der Waals surface area contributed by atoms with Crippen LogP contribution in [0.3, 0.4) is 0 Å². The Labute approximate surface area is 66.6 Å². The van der Waals surface area contributed by atoms with Crippen LogP contribution < -0.4 is 11.1 Å². The molecule has 0 amide bonds. The zero-order chi connectivity index (χ0) is 8.10. The molecule has 0 radical (unpaired) electrons. The first-order valence-electron chi connectivity index (χ1n) is 3.69. The first-order valence-corrected chi connectivity index (χ1v) is 3.69. The maximum Gasteiger partial charge on any atom is 0.0401 e. The molecular formula is C8H13N3. The van der Waals surface area contributed by atoms with E-state index in [1.165, 1.54) is 5.56 Å². The Hall–Kier alpha value is -1.09. The lowest BCUT2D eigenvalue weighted by atomic mass is 10.2. The van der Waals surface area contributed by atoms with Crippen LogP contribution >= 0.6 is 0 Å². The first-order chi connectivity index (χ1) is 5.38. The van der Waals surface area contributed by atoms with E-state index in [0.717, 1.165) is 12.1 Å². The standard InChI is InChI=1S/C8H13N3/c1-10-8-3-5-11-6-7(8)2-4-9/h3,5-6H,2,4,9H2,1H3,(H,10,11). The summed E-state index contributed by atoms with van der Waals surface area (Å²) < 4.78 is 0. The number of hydrogen-bond donors (Lipinski definition) is 2. The Morgan fingerprint density at radius 2 is 2.45 bits per heavy atom. The van der Waals surface area contributed by atoms with Crippen molar-refractivity contribution < 1.29 is 0 Å². The van der Waals surface area contributed by atoms with Gasteiger partial charge in [0.15, 0.2) is 0 Å². The summed E-state index contributed by atoms with van der Waals surface area (Å²) in [4.78, 5) is 4.02. The van der Waals surface area contributed by atoms with Gasteiger partial charge >= 0.3 is 0 Å². The van der Waals surface area contributed by atoms with Crippen molar-refractivity contribution in [3.63, 3.8) is 0 Å². The van der Waals surface area contributed by atoms with Crippen LogP contribution in [0.1, 0.15) is 5.56 Å². The molecule has 60 valence electrons. The Balaban J connectivity index is 2.83. The summed E-state index contributed by atoms with van der Waals surface area (Å²) in [5.41, 5.74) is 7.72. The van der Waals surface area contributed by atoms with Crippen molar-refractivity contribution in [2.24, 2.45) is 5.73 Å². The highest BCUT2D eigenvalue weighted by atomic mass is 14.8. The lowest BCUT2D eigenvalue weighted by Crippen LogP contribution is -2.05. The molecule has 0 aromatic carbocycles. The van der Waals surface area contributed by atoms with E-state index in [-0.39, 0.29) is 0 Å². The summed E-state index contributed by atoms with van der Waals surface area (Å²) in [5.74, 6) is 0. The molecule has 1 aromatic heterocycles. The lowest BCUT2D eigenvalue weighted by molar-refractivity contribution is 0.959. The fourth-order valence-electron chi connectivity index (χ4n) is 1.03. The van der Waals surface area contributed by atoms with Crippen LogP contribution in [0.4, 0.5) is 5.69 Å². The van der Waals surface area contributed by atoms with Crippen molar-refractivity contribution in [2.45, 2.75) is 6.42 Å². The molecule has 0 aliphatic carbocycles. The molecule has 1 rings (SSSR count). The van der Waals surface area contributed by atoms with Gasteiger partial charge in [0, 0.05) is 25.1 Å². The normalized spacial score (nSPS) is 9.64. The Kier molecular flexibility index (Phi) is 2.86. The molecule has 0 saturated carbocycles. The molecule has 0 bridgehead atoms. The Morgan fingerprint density at radius 3 is 3.09 bits per heavy atom. The fraction of sp³-hybridized carbons (Fsp3) is 0.375. The van der Waals surface area contributed by atoms with E-state index in [2.05, 4.69) is 10.3 Å². The minimum absolute atomic E-state index is 0.667. The molecule has 0 aliphatic heterocycles. The summed E-state index contributed by atoms with van der Waals surface area (Å²) in [6.07, 6.45) is 4.49. The Bertz CT molecular complexity index is 222. The summed E-state index contributed by atoms with van der Waals surface area (Å²) in [6.45, 7) is 0.667. The number of anilines is 1. The van der Waals surface area contributed by atoms with Crippen molar-refractivity contribution in [2.75, 3.05) is 18.9 Å². The third-order valence-electron chi connectivity index (χ3n) is 1.59. The number of aromatic nitrogens is 1. The van der Waals surface area contributed by atoms with E-state index in [9.17, 15) is 0 Å². The maximum absolute atomic E-state index is 5.43. The molecule has 11 heavy (non-hydrogen) atoms. The average molecular weight is 151 g/mol. The summed E-state index contributed by atoms with van der Waals surface area (Å²) in [6, 6.07) is 1.95. The molecule has 0 spiro atoms. The number of nitrogens with two attached hydrogens (primary N) is 1. The molecular weight excluding hydrogens is 138 g/mol. The van der Waals surface area contributed by atoms with Crippen LogP contribution in [0.5, 0.6) is 0 Å². The maximum atomic E-state index is 5.43. The van der Waals surface area contributed by atoms with Gasteiger partial charge in [-0.3, -0.25) is 4.98 Å². The van der Waals surface area contributed by atoms with Crippen molar-refractivity contribution in [3.8, 4) is 0 Å². The molecule has 1 heterocycles. The molecule has 0 fully saturated rings. The van der Waals surface area contributed by atoms with Gasteiger partial charge in [0.25, 0.3) is 0 Å². The van der Waals surface area contributed by atoms with E-state index < -0.39 is 0 Å². The van der Waals surface area contributed by atoms with Gasteiger partial charge in [-0.05, 0) is 24.6 Å². The van der Waals surface area contributed by atoms with E-state index >= 15 is 0 Å². The van der Waals surface area contributed by atoms with Gasteiger partial charge in [0.2, 0.25) is 0 Å². The highest BCUT2D eigenvalue weighted by Gasteiger charge is 1.97. The SMILES string of the molecule is CNc1ccncc1CCN. The summed E-state index contributed by atoms with van der Waals surface area (Å²) in [7, 11) is 1.90. The van der Waals surface area contributed by atoms with Gasteiger partial charge in [0.1, 0.15) is 0 Å². The van der Waals surface area contributed by atoms with Crippen LogP contribution in [-0.4, -0.2) is 18.6 Å². The van der Waals surface area contributed by atoms with Crippen LogP contribution in [0, 0.1) is 0 Å². The van der Waals surface area contributed by atoms with Crippen molar-refractivity contribution in [1.29, 1.82) is 0 Å². The second-order valence-corrected chi connectivity index (χ2v) is 2.32. The topological polar surface area (TPSA) is 50.9 Å². The number of pyridine rings is 1. The number of hydrogen-bond acceptors (Lipinski definition) is 3. The van der Waals surface area contributed by atoms with Crippen LogP contribution in [0.25, 0.3) is 0 Å². The van der Waals surface area contributed by atoms with Gasteiger partial charge in [-0.2, -0.15) is 0 Å². The van der Waals surface area contributed by atoms with Crippen LogP contribution in [-0.2, 0) is 6.42 Å². The third-order valence-corrected chi connectivity index (χ3v) is 1.59. The monoisotopic (exact) mass is 151 g/mol. The largest absolute Gasteiger partial charge is 0.388 e. The van der Waals surface area contributed by atoms with Gasteiger partial charge in [-0.15, -0.1) is 0 Å². The highest BCUT2D eigenvalue weighted by Crippen LogP contribution is 2.11. The van der Waals surface area contributed by atoms with Crippen molar-refractivity contribution >= 4 is 5.69 Å². The molecule has 3 heteroatoms. The quantitative estimate of drug-likeness (QED) is 0.666. The first kappa shape index (κ1) is 8.01. The minimum Gasteiger partial charge on any atom is -0.388 e. The molecule has 0 saturated heterocycles. The lowest BCUT2D eigenvalue weighted by Gasteiger charge is -2.05. The number of rotatable bonds is 3. The highest BCUT2D eigenvalue weighted by molar-refractivity contribution is 5.48. The van der Waals surface area contributed by atoms with E-state index in [4.69, 9.17) is 5.73 Å². The molecule has 3 nitrogen and oxygen atoms in total. The van der Waals surface area contributed by atoms with Crippen LogP contribution in [0.15, 0.2) is 18.5 Å². The number of nitrogens with one attached hydrogen (secondary N) is 1. The van der Waals surface area contributed by atoms with Crippen LogP contribution in [0.2, 0.25) is 0 Å². The average Bonchev–Trinajstić information content (AvgIpc) is 2.06. The predicted octanol–water partition coefficient (Wildman–Crippen LogP) is 0.624. The zero-order valence-corrected chi connectivity index (χ0v) is 6.67. The molecule has 1 aromatic rings. The number of nitrogens with zero attached hydrogens (tertiary/aromatic N) is 1. The van der Waals surface area contributed by atoms with Gasteiger partial charge in [-0.1, -0.05) is 0 Å². The predicted molar refractivity (Wildman–Crippen MR) is 46.5 cm³/mol. The molecule has 0 unspecified atom stereocenters. The smallest absolute Gasteiger partial charge is 0.0401 e. The van der Waals surface area contributed by atoms with E-state index in [1.807, 2.05) is 19.3 Å². The summed E-state index contributed by atoms with van der Waals surface area (Å²) in [5, 5.41) is 3.08. The minimum atomic E-state index is 0.667. The fourth-order valence-corrected chi connectivity index (χ4v) is 1.03. The second kappa shape index (κ2) is 3.93.